The molecule has 2 heteroatoms. The SMILES string of the molecule is c1cncc(C2=NCC2)c1. The van der Waals surface area contributed by atoms with Crippen molar-refractivity contribution in [3.63, 3.8) is 0 Å². The predicted molar refractivity (Wildman–Crippen MR) is 40.3 cm³/mol. The largest absolute Gasteiger partial charge is 0.289 e. The van der Waals surface area contributed by atoms with Crippen LogP contribution < -0.4 is 0 Å². The Kier molecular flexibility index (Phi) is 1.24. The van der Waals surface area contributed by atoms with Crippen molar-refractivity contribution in [1.29, 1.82) is 0 Å². The molecule has 1 aromatic rings. The van der Waals surface area contributed by atoms with Crippen LogP contribution in [0.3, 0.4) is 0 Å². The minimum Gasteiger partial charge on any atom is -0.289 e. The average Bonchev–Trinajstić information content (AvgIpc) is 1.86. The van der Waals surface area contributed by atoms with Gasteiger partial charge in [0.15, 0.2) is 0 Å². The van der Waals surface area contributed by atoms with Crippen LogP contribution in [0.2, 0.25) is 0 Å². The van der Waals surface area contributed by atoms with Gasteiger partial charge in [-0.05, 0) is 6.07 Å². The Morgan fingerprint density at radius 1 is 1.40 bits per heavy atom. The van der Waals surface area contributed by atoms with Crippen LogP contribution in [-0.4, -0.2) is 17.2 Å². The van der Waals surface area contributed by atoms with Crippen molar-refractivity contribution in [3.05, 3.63) is 30.1 Å². The minimum absolute atomic E-state index is 0.990. The van der Waals surface area contributed by atoms with Gasteiger partial charge in [-0.3, -0.25) is 9.98 Å². The predicted octanol–water partition coefficient (Wildman–Crippen LogP) is 1.27. The highest BCUT2D eigenvalue weighted by atomic mass is 14.8. The van der Waals surface area contributed by atoms with Crippen molar-refractivity contribution in [1.82, 2.24) is 4.98 Å². The number of nitrogens with zero attached hydrogens (tertiary/aromatic N) is 2. The van der Waals surface area contributed by atoms with Crippen LogP contribution in [-0.2, 0) is 0 Å². The van der Waals surface area contributed by atoms with Gasteiger partial charge in [-0.1, -0.05) is 6.07 Å². The van der Waals surface area contributed by atoms with Gasteiger partial charge in [-0.25, -0.2) is 0 Å². The molecule has 1 aromatic heterocycles. The Labute approximate surface area is 59.6 Å². The average molecular weight is 132 g/mol. The van der Waals surface area contributed by atoms with E-state index in [1.54, 1.807) is 6.20 Å². The van der Waals surface area contributed by atoms with E-state index in [9.17, 15) is 0 Å². The molecule has 1 aliphatic heterocycles. The highest BCUT2D eigenvalue weighted by Gasteiger charge is 2.08. The lowest BCUT2D eigenvalue weighted by Crippen LogP contribution is -2.12. The molecule has 0 amide bonds. The molecule has 10 heavy (non-hydrogen) atoms. The van der Waals surface area contributed by atoms with Crippen molar-refractivity contribution >= 4 is 5.71 Å². The number of pyridine rings is 1. The summed E-state index contributed by atoms with van der Waals surface area (Å²) >= 11 is 0. The van der Waals surface area contributed by atoms with Gasteiger partial charge in [0.1, 0.15) is 0 Å². The van der Waals surface area contributed by atoms with Gasteiger partial charge in [0.2, 0.25) is 0 Å². The van der Waals surface area contributed by atoms with E-state index in [1.165, 1.54) is 11.3 Å². The van der Waals surface area contributed by atoms with E-state index in [2.05, 4.69) is 9.98 Å². The van der Waals surface area contributed by atoms with Crippen LogP contribution in [0, 0.1) is 0 Å². The van der Waals surface area contributed by atoms with Crippen LogP contribution in [0.1, 0.15) is 12.0 Å². The fourth-order valence-electron chi connectivity index (χ4n) is 0.993. The zero-order valence-electron chi connectivity index (χ0n) is 5.62. The lowest BCUT2D eigenvalue weighted by Gasteiger charge is -2.11. The first-order valence-corrected chi connectivity index (χ1v) is 3.40. The van der Waals surface area contributed by atoms with Crippen LogP contribution >= 0.6 is 0 Å². The van der Waals surface area contributed by atoms with E-state index < -0.39 is 0 Å². The topological polar surface area (TPSA) is 25.2 Å². The molecule has 0 N–H and O–H groups in total. The van der Waals surface area contributed by atoms with Crippen LogP contribution in [0.15, 0.2) is 29.5 Å². The molecule has 0 bridgehead atoms. The highest BCUT2D eigenvalue weighted by molar-refractivity contribution is 6.03. The summed E-state index contributed by atoms with van der Waals surface area (Å²) in [5.41, 5.74) is 2.38. The van der Waals surface area contributed by atoms with E-state index in [0.717, 1.165) is 13.0 Å². The molecule has 0 aromatic carbocycles. The quantitative estimate of drug-likeness (QED) is 0.565. The first-order valence-electron chi connectivity index (χ1n) is 3.40. The fraction of sp³-hybridized carbons (Fsp3) is 0.250. The summed E-state index contributed by atoms with van der Waals surface area (Å²) in [7, 11) is 0. The van der Waals surface area contributed by atoms with E-state index in [4.69, 9.17) is 0 Å². The molecule has 2 rings (SSSR count). The summed E-state index contributed by atoms with van der Waals surface area (Å²) in [5.74, 6) is 0. The van der Waals surface area contributed by atoms with Crippen molar-refractivity contribution in [2.75, 3.05) is 6.54 Å². The summed E-state index contributed by atoms with van der Waals surface area (Å²) in [6, 6.07) is 3.99. The summed E-state index contributed by atoms with van der Waals surface area (Å²) < 4.78 is 0. The third-order valence-electron chi connectivity index (χ3n) is 1.65. The minimum atomic E-state index is 0.990. The van der Waals surface area contributed by atoms with Crippen LogP contribution in [0.5, 0.6) is 0 Å². The number of hydrogen-bond donors (Lipinski definition) is 0. The van der Waals surface area contributed by atoms with Crippen LogP contribution in [0.4, 0.5) is 0 Å². The monoisotopic (exact) mass is 132 g/mol. The Bertz CT molecular complexity index is 251. The number of aliphatic imine (C=N–C) groups is 1. The molecule has 0 fully saturated rings. The third kappa shape index (κ3) is 0.817. The first kappa shape index (κ1) is 5.59. The lowest BCUT2D eigenvalue weighted by atomic mass is 10.1. The van der Waals surface area contributed by atoms with E-state index >= 15 is 0 Å². The second-order valence-corrected chi connectivity index (χ2v) is 2.32. The van der Waals surface area contributed by atoms with Crippen molar-refractivity contribution in [2.45, 2.75) is 6.42 Å². The second-order valence-electron chi connectivity index (χ2n) is 2.32. The Morgan fingerprint density at radius 2 is 2.30 bits per heavy atom. The molecule has 0 spiro atoms. The van der Waals surface area contributed by atoms with E-state index in [1.807, 2.05) is 18.3 Å². The van der Waals surface area contributed by atoms with Gasteiger partial charge in [-0.2, -0.15) is 0 Å². The standard InChI is InChI=1S/C8H8N2/c1-2-7(6-9-4-1)8-3-5-10-8/h1-2,4,6H,3,5H2. The molecular formula is C8H8N2. The Hall–Kier alpha value is -1.18. The maximum absolute atomic E-state index is 4.22. The van der Waals surface area contributed by atoms with Crippen molar-refractivity contribution < 1.29 is 0 Å². The molecule has 0 unspecified atom stereocenters. The fourth-order valence-corrected chi connectivity index (χ4v) is 0.993. The maximum Gasteiger partial charge on any atom is 0.0454 e. The van der Waals surface area contributed by atoms with Gasteiger partial charge >= 0.3 is 0 Å². The first-order chi connectivity index (χ1) is 4.97. The summed E-state index contributed by atoms with van der Waals surface area (Å²) in [6.45, 7) is 0.990. The van der Waals surface area contributed by atoms with Gasteiger partial charge in [0.25, 0.3) is 0 Å². The second kappa shape index (κ2) is 2.21. The zero-order valence-corrected chi connectivity index (χ0v) is 5.62. The van der Waals surface area contributed by atoms with Gasteiger partial charge < -0.3 is 0 Å². The molecule has 0 atom stereocenters. The normalized spacial score (nSPS) is 15.8. The van der Waals surface area contributed by atoms with Gasteiger partial charge in [-0.15, -0.1) is 0 Å². The highest BCUT2D eigenvalue weighted by Crippen LogP contribution is 2.09. The molecule has 0 saturated carbocycles. The smallest absolute Gasteiger partial charge is 0.0454 e. The summed E-state index contributed by atoms with van der Waals surface area (Å²) in [4.78, 5) is 8.22. The molecule has 2 nitrogen and oxygen atoms in total. The van der Waals surface area contributed by atoms with Crippen molar-refractivity contribution in [2.24, 2.45) is 4.99 Å². The summed E-state index contributed by atoms with van der Waals surface area (Å²) in [6.07, 6.45) is 4.76. The molecule has 1 aliphatic rings. The lowest BCUT2D eigenvalue weighted by molar-refractivity contribution is 0.945. The van der Waals surface area contributed by atoms with E-state index in [-0.39, 0.29) is 0 Å². The molecule has 0 aliphatic carbocycles. The number of rotatable bonds is 1. The van der Waals surface area contributed by atoms with Crippen molar-refractivity contribution in [3.8, 4) is 0 Å². The molecular weight excluding hydrogens is 124 g/mol. The van der Waals surface area contributed by atoms with Gasteiger partial charge in [0, 0.05) is 36.6 Å². The number of aromatic nitrogens is 1. The Balaban J connectivity index is 2.34. The molecule has 50 valence electrons. The zero-order chi connectivity index (χ0) is 6.81. The Morgan fingerprint density at radius 3 is 2.80 bits per heavy atom. The van der Waals surface area contributed by atoms with Gasteiger partial charge in [0.05, 0.1) is 0 Å². The van der Waals surface area contributed by atoms with E-state index in [0.29, 0.717) is 0 Å². The third-order valence-corrected chi connectivity index (χ3v) is 1.65. The maximum atomic E-state index is 4.22. The molecule has 0 saturated heterocycles. The van der Waals surface area contributed by atoms with Crippen LogP contribution in [0.25, 0.3) is 0 Å². The molecule has 0 radical (unpaired) electrons. The molecule has 2 heterocycles. The summed E-state index contributed by atoms with van der Waals surface area (Å²) in [5, 5.41) is 0. The number of hydrogen-bond acceptors (Lipinski definition) is 2.